The molecule has 1 N–H and O–H groups in total. The largest absolute Gasteiger partial charge is 0.508 e. The molecule has 0 radical (unpaired) electrons. The smallest absolute Gasteiger partial charge is 0.311 e. The van der Waals surface area contributed by atoms with Crippen molar-refractivity contribution < 1.29 is 38.5 Å². The molecule has 2 aliphatic heterocycles. The van der Waals surface area contributed by atoms with E-state index in [-0.39, 0.29) is 78.6 Å². The highest BCUT2D eigenvalue weighted by Crippen LogP contribution is 2.28. The highest BCUT2D eigenvalue weighted by Gasteiger charge is 2.24. The maximum atomic E-state index is 12.8. The molecule has 0 fully saturated rings. The van der Waals surface area contributed by atoms with Crippen LogP contribution in [0.2, 0.25) is 0 Å². The van der Waals surface area contributed by atoms with E-state index in [1.54, 1.807) is 16.9 Å². The van der Waals surface area contributed by atoms with Gasteiger partial charge >= 0.3 is 11.9 Å². The minimum atomic E-state index is -0.673. The van der Waals surface area contributed by atoms with Crippen molar-refractivity contribution in [1.82, 2.24) is 9.80 Å². The minimum absolute atomic E-state index is 0.0173. The Bertz CT molecular complexity index is 1270. The Morgan fingerprint density at radius 1 is 0.786 bits per heavy atom. The highest BCUT2D eigenvalue weighted by atomic mass is 16.5. The predicted molar refractivity (Wildman–Crippen MR) is 154 cm³/mol. The van der Waals surface area contributed by atoms with Gasteiger partial charge in [0.25, 0.3) is 0 Å². The molecular formula is C32H40N2O8. The topological polar surface area (TPSA) is 123 Å². The summed E-state index contributed by atoms with van der Waals surface area (Å²) in [5.41, 5.74) is 0. The van der Waals surface area contributed by atoms with Crippen LogP contribution in [0, 0.1) is 41.4 Å². The number of ether oxygens (including phenoxy) is 3. The lowest BCUT2D eigenvalue weighted by Crippen LogP contribution is -2.40. The van der Waals surface area contributed by atoms with Crippen molar-refractivity contribution in [3.8, 4) is 40.9 Å². The van der Waals surface area contributed by atoms with Crippen LogP contribution >= 0.6 is 0 Å². The molecule has 2 heterocycles. The Morgan fingerprint density at radius 2 is 1.29 bits per heavy atom. The van der Waals surface area contributed by atoms with Crippen LogP contribution < -0.4 is 9.47 Å². The summed E-state index contributed by atoms with van der Waals surface area (Å²) < 4.78 is 16.0. The summed E-state index contributed by atoms with van der Waals surface area (Å²) in [7, 11) is 1.59. The molecule has 0 spiro atoms. The minimum Gasteiger partial charge on any atom is -0.508 e. The quantitative estimate of drug-likeness (QED) is 0.269. The van der Waals surface area contributed by atoms with Gasteiger partial charge in [0, 0.05) is 89.0 Å². The molecule has 0 aliphatic carbocycles. The highest BCUT2D eigenvalue weighted by molar-refractivity contribution is 5.83. The molecule has 1 aromatic carbocycles. The van der Waals surface area contributed by atoms with Crippen molar-refractivity contribution in [2.24, 2.45) is 17.8 Å². The van der Waals surface area contributed by atoms with Gasteiger partial charge in [0.1, 0.15) is 23.4 Å². The number of nitrogens with zero attached hydrogens (tertiary/aromatic N) is 2. The zero-order chi connectivity index (χ0) is 30.6. The fourth-order valence-electron chi connectivity index (χ4n) is 4.72. The molecule has 0 unspecified atom stereocenters. The molecule has 0 aromatic heterocycles. The van der Waals surface area contributed by atoms with Crippen LogP contribution in [0.1, 0.15) is 59.3 Å². The number of hydrogen-bond acceptors (Lipinski definition) is 8. The summed E-state index contributed by atoms with van der Waals surface area (Å²) in [4.78, 5) is 53.8. The van der Waals surface area contributed by atoms with E-state index in [2.05, 4.69) is 23.7 Å². The van der Waals surface area contributed by atoms with Gasteiger partial charge in [-0.15, -0.1) is 5.92 Å². The van der Waals surface area contributed by atoms with Gasteiger partial charge in [-0.3, -0.25) is 19.2 Å². The van der Waals surface area contributed by atoms with Crippen molar-refractivity contribution in [2.75, 3.05) is 33.3 Å². The van der Waals surface area contributed by atoms with Gasteiger partial charge in [0.15, 0.2) is 0 Å². The fraction of sp³-hybridized carbons (Fsp3) is 0.562. The van der Waals surface area contributed by atoms with E-state index in [1.807, 2.05) is 20.8 Å². The van der Waals surface area contributed by atoms with Gasteiger partial charge in [-0.25, -0.2) is 0 Å². The third-order valence-electron chi connectivity index (χ3n) is 7.35. The van der Waals surface area contributed by atoms with Gasteiger partial charge < -0.3 is 29.1 Å². The van der Waals surface area contributed by atoms with E-state index in [0.717, 1.165) is 0 Å². The molecule has 1 aromatic rings. The zero-order valence-electron chi connectivity index (χ0n) is 24.8. The van der Waals surface area contributed by atoms with Crippen molar-refractivity contribution in [1.29, 1.82) is 0 Å². The fourth-order valence-corrected chi connectivity index (χ4v) is 4.72. The second kappa shape index (κ2) is 15.8. The zero-order valence-corrected chi connectivity index (χ0v) is 24.8. The second-order valence-electron chi connectivity index (χ2n) is 10.8. The van der Waals surface area contributed by atoms with Crippen LogP contribution in [0.5, 0.6) is 17.2 Å². The number of hydrogen-bond donors (Lipinski definition) is 1. The Morgan fingerprint density at radius 3 is 1.81 bits per heavy atom. The summed E-state index contributed by atoms with van der Waals surface area (Å²) in [5.74, 6) is 10.8. The Balaban J connectivity index is 1.48. The first kappa shape index (κ1) is 32.5. The molecule has 0 saturated heterocycles. The van der Waals surface area contributed by atoms with E-state index in [1.165, 1.54) is 18.2 Å². The monoisotopic (exact) mass is 580 g/mol. The first-order valence-electron chi connectivity index (χ1n) is 14.4. The third kappa shape index (κ3) is 10.1. The van der Waals surface area contributed by atoms with E-state index in [4.69, 9.17) is 14.2 Å². The van der Waals surface area contributed by atoms with Gasteiger partial charge in [-0.2, -0.15) is 0 Å². The van der Waals surface area contributed by atoms with Gasteiger partial charge in [0.2, 0.25) is 11.8 Å². The van der Waals surface area contributed by atoms with Crippen molar-refractivity contribution >= 4 is 23.8 Å². The van der Waals surface area contributed by atoms with E-state index in [9.17, 15) is 24.3 Å². The molecule has 3 rings (SSSR count). The molecule has 4 atom stereocenters. The molecule has 10 heteroatoms. The maximum absolute atomic E-state index is 12.8. The first-order valence-corrected chi connectivity index (χ1v) is 14.4. The molecule has 0 saturated carbocycles. The number of phenolic OH excluding ortho intramolecular Hbond substituents is 1. The number of amides is 2. The summed E-state index contributed by atoms with van der Waals surface area (Å²) in [6, 6.07) is 3.71. The van der Waals surface area contributed by atoms with Crippen LogP contribution in [0.15, 0.2) is 18.2 Å². The number of methoxy groups -OCH3 is 1. The molecule has 10 nitrogen and oxygen atoms in total. The van der Waals surface area contributed by atoms with Crippen molar-refractivity contribution in [3.63, 3.8) is 0 Å². The van der Waals surface area contributed by atoms with E-state index >= 15 is 0 Å². The SMILES string of the molecule is CO[C@H]1C#CCCN(C(=O)CCC(=O)Oc2cc(O)cc(OC(=O)CCC(=O)N3CCC#C[C@H](C)[C@@H](C)C3)c2)C[C@@H]1C. The van der Waals surface area contributed by atoms with Gasteiger partial charge in [-0.05, 0) is 5.92 Å². The number of phenols is 1. The number of benzene rings is 1. The number of rotatable bonds is 9. The molecule has 2 aliphatic rings. The van der Waals surface area contributed by atoms with Gasteiger partial charge in [-0.1, -0.05) is 38.5 Å². The van der Waals surface area contributed by atoms with E-state index < -0.39 is 11.9 Å². The van der Waals surface area contributed by atoms with Crippen LogP contribution in [-0.2, 0) is 23.9 Å². The molecule has 42 heavy (non-hydrogen) atoms. The number of aromatic hydroxyl groups is 1. The van der Waals surface area contributed by atoms with Crippen LogP contribution in [0.4, 0.5) is 0 Å². The van der Waals surface area contributed by atoms with E-state index in [0.29, 0.717) is 39.0 Å². The lowest BCUT2D eigenvalue weighted by Gasteiger charge is -2.29. The van der Waals surface area contributed by atoms with Crippen molar-refractivity contribution in [2.45, 2.75) is 65.4 Å². The molecular weight excluding hydrogens is 540 g/mol. The lowest BCUT2D eigenvalue weighted by atomic mass is 9.94. The lowest BCUT2D eigenvalue weighted by molar-refractivity contribution is -0.139. The normalized spacial score (nSPS) is 22.1. The summed E-state index contributed by atoms with van der Waals surface area (Å²) in [6.45, 7) is 8.09. The Labute approximate surface area is 247 Å². The number of carbonyl (C=O) groups is 4. The average molecular weight is 581 g/mol. The Kier molecular flexibility index (Phi) is 12.3. The third-order valence-corrected chi connectivity index (χ3v) is 7.35. The predicted octanol–water partition coefficient (Wildman–Crippen LogP) is 3.16. The molecule has 226 valence electrons. The maximum Gasteiger partial charge on any atom is 0.311 e. The van der Waals surface area contributed by atoms with Crippen LogP contribution in [0.3, 0.4) is 0 Å². The second-order valence-corrected chi connectivity index (χ2v) is 10.8. The molecule has 2 amide bonds. The average Bonchev–Trinajstić information content (AvgIpc) is 2.92. The Hall–Kier alpha value is -4.02. The van der Waals surface area contributed by atoms with Crippen molar-refractivity contribution in [3.05, 3.63) is 18.2 Å². The van der Waals surface area contributed by atoms with Crippen LogP contribution in [0.25, 0.3) is 0 Å². The summed E-state index contributed by atoms with van der Waals surface area (Å²) >= 11 is 0. The summed E-state index contributed by atoms with van der Waals surface area (Å²) in [6.07, 6.45) is 0.468. The number of esters is 2. The first-order chi connectivity index (χ1) is 20.0. The van der Waals surface area contributed by atoms with Gasteiger partial charge in [0.05, 0.1) is 12.8 Å². The number of carbonyl (C=O) groups excluding carboxylic acids is 4. The summed E-state index contributed by atoms with van der Waals surface area (Å²) in [5, 5.41) is 10.1. The molecule has 0 bridgehead atoms. The standard InChI is InChI=1S/C32H40N2O8/c1-22-9-5-7-15-33(20-23(22)2)29(36)11-13-31(38)41-26-17-25(35)18-27(19-26)42-32(39)14-12-30(37)34-16-8-6-10-28(40-4)24(3)21-34/h17-19,22-24,28,35H,7-8,11-16,20-21H2,1-4H3/t22-,23-,24-,28-/m0/s1. The van der Waals surface area contributed by atoms with Crippen LogP contribution in [-0.4, -0.2) is 78.1 Å².